The number of para-hydroxylation sites is 4. The summed E-state index contributed by atoms with van der Waals surface area (Å²) in [5.41, 5.74) is 21.5. The van der Waals surface area contributed by atoms with E-state index in [-0.39, 0.29) is 0 Å². The fourth-order valence-electron chi connectivity index (χ4n) is 11.5. The Morgan fingerprint density at radius 1 is 0.250 bits per heavy atom. The van der Waals surface area contributed by atoms with Gasteiger partial charge in [0.2, 0.25) is 0 Å². The van der Waals surface area contributed by atoms with Gasteiger partial charge in [0, 0.05) is 66.2 Å². The highest BCUT2D eigenvalue weighted by atomic mass is 16.3. The van der Waals surface area contributed by atoms with Crippen LogP contribution in [-0.2, 0) is 0 Å². The van der Waals surface area contributed by atoms with E-state index in [1.807, 2.05) is 18.2 Å². The molecule has 0 aliphatic rings. The van der Waals surface area contributed by atoms with E-state index in [4.69, 9.17) is 8.83 Å². The average Bonchev–Trinajstić information content (AvgIpc) is 4.18. The van der Waals surface area contributed by atoms with Gasteiger partial charge in [0.1, 0.15) is 22.3 Å². The molecule has 0 aliphatic heterocycles. The first-order valence-electron chi connectivity index (χ1n) is 25.9. The number of aromatic nitrogens is 1. The van der Waals surface area contributed by atoms with E-state index in [0.29, 0.717) is 0 Å². The van der Waals surface area contributed by atoms with Crippen LogP contribution in [0, 0.1) is 0 Å². The zero-order chi connectivity index (χ0) is 50.1. The molecule has 15 rings (SSSR count). The second-order valence-electron chi connectivity index (χ2n) is 19.6. The predicted molar refractivity (Wildman–Crippen MR) is 317 cm³/mol. The largest absolute Gasteiger partial charge is 0.455 e. The molecule has 3 heterocycles. The van der Waals surface area contributed by atoms with E-state index in [1.54, 1.807) is 0 Å². The van der Waals surface area contributed by atoms with Crippen molar-refractivity contribution < 1.29 is 8.83 Å². The maximum atomic E-state index is 6.60. The topological polar surface area (TPSA) is 34.5 Å². The third-order valence-corrected chi connectivity index (χ3v) is 15.2. The lowest BCUT2D eigenvalue weighted by Crippen LogP contribution is -2.10. The van der Waals surface area contributed by atoms with Crippen molar-refractivity contribution in [3.05, 3.63) is 279 Å². The summed E-state index contributed by atoms with van der Waals surface area (Å²) in [5, 5.41) is 6.83. The zero-order valence-electron chi connectivity index (χ0n) is 41.3. The minimum absolute atomic E-state index is 0.892. The SMILES string of the molecule is c1ccc(-c2cccc(N(c3ccc(-c4ccc5c(c4)c4cc(-c6cccc7c6oc6ccccc67)ccc4n5-c4ccc(-c5cccc6c5oc5ccccc56)cc4)cc3)c3cccc(-c4ccccc4)c3)c2)cc1. The number of furan rings is 2. The van der Waals surface area contributed by atoms with Crippen molar-refractivity contribution in [1.29, 1.82) is 0 Å². The molecule has 0 saturated heterocycles. The van der Waals surface area contributed by atoms with E-state index in [1.165, 1.54) is 27.6 Å². The fraction of sp³-hybridized carbons (Fsp3) is 0. The van der Waals surface area contributed by atoms with Crippen molar-refractivity contribution >= 4 is 82.7 Å². The van der Waals surface area contributed by atoms with Gasteiger partial charge >= 0.3 is 0 Å². The highest BCUT2D eigenvalue weighted by molar-refractivity contribution is 6.14. The fourth-order valence-corrected chi connectivity index (χ4v) is 11.5. The lowest BCUT2D eigenvalue weighted by Gasteiger charge is -2.27. The molecule has 0 amide bonds. The van der Waals surface area contributed by atoms with Gasteiger partial charge in [-0.3, -0.25) is 0 Å². The van der Waals surface area contributed by atoms with Crippen LogP contribution in [0.4, 0.5) is 17.1 Å². The molecule has 0 aliphatic carbocycles. The van der Waals surface area contributed by atoms with Crippen LogP contribution in [0.15, 0.2) is 288 Å². The van der Waals surface area contributed by atoms with Gasteiger partial charge in [0.15, 0.2) is 0 Å². The normalized spacial score (nSPS) is 11.7. The van der Waals surface area contributed by atoms with Crippen molar-refractivity contribution in [3.63, 3.8) is 0 Å². The Hall–Kier alpha value is -10.2. The molecule has 356 valence electrons. The standard InChI is InChI=1S/C72H46N2O2/c1-3-15-47(16-4-1)51-19-11-21-57(43-51)73(58-22-12-20-52(44-58)48-17-5-2-6-18-48)55-37-31-49(32-38-55)53-35-41-67-65(45-53)66-46-54(60-26-14-28-64-62-24-8-10-30-70(62)76-72(60)64)36-42-68(66)74(67)56-39-33-50(34-40-56)59-25-13-27-63-61-23-7-9-29-69(61)75-71(59)63/h1-46H. The smallest absolute Gasteiger partial charge is 0.143 e. The van der Waals surface area contributed by atoms with Crippen molar-refractivity contribution in [2.24, 2.45) is 0 Å². The quantitative estimate of drug-likeness (QED) is 0.145. The lowest BCUT2D eigenvalue weighted by atomic mass is 9.98. The predicted octanol–water partition coefficient (Wildman–Crippen LogP) is 20.4. The molecule has 0 atom stereocenters. The van der Waals surface area contributed by atoms with Crippen molar-refractivity contribution in [3.8, 4) is 61.3 Å². The van der Waals surface area contributed by atoms with E-state index in [2.05, 4.69) is 270 Å². The first-order chi connectivity index (χ1) is 37.7. The number of nitrogens with zero attached hydrogens (tertiary/aromatic N) is 2. The van der Waals surface area contributed by atoms with E-state index < -0.39 is 0 Å². The zero-order valence-corrected chi connectivity index (χ0v) is 41.3. The van der Waals surface area contributed by atoms with Gasteiger partial charge in [0.25, 0.3) is 0 Å². The molecule has 0 saturated carbocycles. The van der Waals surface area contributed by atoms with E-state index >= 15 is 0 Å². The molecule has 12 aromatic carbocycles. The second kappa shape index (κ2) is 17.8. The highest BCUT2D eigenvalue weighted by Crippen LogP contribution is 2.43. The minimum atomic E-state index is 0.892. The van der Waals surface area contributed by atoms with Crippen molar-refractivity contribution in [2.75, 3.05) is 4.90 Å². The van der Waals surface area contributed by atoms with Gasteiger partial charge in [-0.1, -0.05) is 194 Å². The van der Waals surface area contributed by atoms with Gasteiger partial charge in [-0.25, -0.2) is 0 Å². The molecule has 0 spiro atoms. The lowest BCUT2D eigenvalue weighted by molar-refractivity contribution is 0.669. The number of hydrogen-bond donors (Lipinski definition) is 0. The first-order valence-corrected chi connectivity index (χ1v) is 25.9. The average molecular weight is 971 g/mol. The summed E-state index contributed by atoms with van der Waals surface area (Å²) in [6.07, 6.45) is 0. The maximum absolute atomic E-state index is 6.60. The molecule has 3 aromatic heterocycles. The number of hydrogen-bond acceptors (Lipinski definition) is 3. The number of anilines is 3. The molecular weight excluding hydrogens is 925 g/mol. The summed E-state index contributed by atoms with van der Waals surface area (Å²) < 4.78 is 15.5. The molecular formula is C72H46N2O2. The molecule has 0 fully saturated rings. The number of fused-ring (bicyclic) bond motifs is 9. The maximum Gasteiger partial charge on any atom is 0.143 e. The molecule has 0 bridgehead atoms. The Kier molecular flexibility index (Phi) is 10.2. The Morgan fingerprint density at radius 2 is 0.658 bits per heavy atom. The molecule has 4 heteroatoms. The monoisotopic (exact) mass is 970 g/mol. The Bertz CT molecular complexity index is 4600. The summed E-state index contributed by atoms with van der Waals surface area (Å²) in [6.45, 7) is 0. The number of benzene rings is 12. The summed E-state index contributed by atoms with van der Waals surface area (Å²) in [4.78, 5) is 2.37. The third-order valence-electron chi connectivity index (χ3n) is 15.2. The van der Waals surface area contributed by atoms with Crippen LogP contribution in [0.25, 0.3) is 127 Å². The molecule has 0 radical (unpaired) electrons. The molecule has 15 aromatic rings. The molecule has 0 N–H and O–H groups in total. The van der Waals surface area contributed by atoms with Crippen molar-refractivity contribution in [1.82, 2.24) is 4.57 Å². The molecule has 4 nitrogen and oxygen atoms in total. The molecule has 0 unspecified atom stereocenters. The van der Waals surface area contributed by atoms with Crippen LogP contribution in [0.1, 0.15) is 0 Å². The van der Waals surface area contributed by atoms with Gasteiger partial charge in [-0.2, -0.15) is 0 Å². The summed E-state index contributed by atoms with van der Waals surface area (Å²) in [6, 6.07) is 100. The van der Waals surface area contributed by atoms with Crippen molar-refractivity contribution in [2.45, 2.75) is 0 Å². The van der Waals surface area contributed by atoms with Crippen LogP contribution in [-0.4, -0.2) is 4.57 Å². The summed E-state index contributed by atoms with van der Waals surface area (Å²) >= 11 is 0. The van der Waals surface area contributed by atoms with Gasteiger partial charge in [-0.15, -0.1) is 0 Å². The minimum Gasteiger partial charge on any atom is -0.455 e. The van der Waals surface area contributed by atoms with E-state index in [9.17, 15) is 0 Å². The van der Waals surface area contributed by atoms with Gasteiger partial charge in [-0.05, 0) is 129 Å². The number of rotatable bonds is 9. The Labute approximate surface area is 439 Å². The van der Waals surface area contributed by atoms with Crippen LogP contribution in [0.2, 0.25) is 0 Å². The van der Waals surface area contributed by atoms with E-state index in [0.717, 1.165) is 116 Å². The third kappa shape index (κ3) is 7.30. The Balaban J connectivity index is 0.859. The summed E-state index contributed by atoms with van der Waals surface area (Å²) in [7, 11) is 0. The van der Waals surface area contributed by atoms with Gasteiger partial charge < -0.3 is 18.3 Å². The first kappa shape index (κ1) is 43.4. The Morgan fingerprint density at radius 3 is 1.22 bits per heavy atom. The second-order valence-corrected chi connectivity index (χ2v) is 19.6. The van der Waals surface area contributed by atoms with Gasteiger partial charge in [0.05, 0.1) is 11.0 Å². The van der Waals surface area contributed by atoms with Crippen LogP contribution >= 0.6 is 0 Å². The van der Waals surface area contributed by atoms with Crippen LogP contribution < -0.4 is 4.90 Å². The summed E-state index contributed by atoms with van der Waals surface area (Å²) in [5.74, 6) is 0. The van der Waals surface area contributed by atoms with Crippen LogP contribution in [0.3, 0.4) is 0 Å². The van der Waals surface area contributed by atoms with Crippen LogP contribution in [0.5, 0.6) is 0 Å². The highest BCUT2D eigenvalue weighted by Gasteiger charge is 2.20. The molecule has 76 heavy (non-hydrogen) atoms.